The number of phenols is 1. The third-order valence-corrected chi connectivity index (χ3v) is 6.09. The van der Waals surface area contributed by atoms with Gasteiger partial charge in [0.1, 0.15) is 10.8 Å². The van der Waals surface area contributed by atoms with Crippen LogP contribution in [0.3, 0.4) is 0 Å². The number of fused-ring (bicyclic) bond motifs is 1. The standard InChI is InChI=1S/C17H16N2OS2/c20-15-4-1-3-12-13(15)6-7-14(12)18-9-11-10-19-17(22-11)16-5-2-8-21-16/h1-5,8,10,14,18,20H,6-7,9H2. The van der Waals surface area contributed by atoms with Crippen LogP contribution in [-0.4, -0.2) is 10.1 Å². The fourth-order valence-corrected chi connectivity index (χ4v) is 4.64. The first-order valence-electron chi connectivity index (χ1n) is 7.34. The molecule has 4 rings (SSSR count). The van der Waals surface area contributed by atoms with Crippen molar-refractivity contribution in [2.45, 2.75) is 25.4 Å². The van der Waals surface area contributed by atoms with E-state index in [2.05, 4.69) is 33.9 Å². The maximum absolute atomic E-state index is 9.91. The Morgan fingerprint density at radius 3 is 3.09 bits per heavy atom. The molecule has 0 radical (unpaired) electrons. The summed E-state index contributed by atoms with van der Waals surface area (Å²) in [6.45, 7) is 0.822. The van der Waals surface area contributed by atoms with Gasteiger partial charge in [0.25, 0.3) is 0 Å². The fourth-order valence-electron chi connectivity index (χ4n) is 2.97. The van der Waals surface area contributed by atoms with Gasteiger partial charge in [-0.05, 0) is 41.5 Å². The molecular weight excluding hydrogens is 312 g/mol. The average Bonchev–Trinajstić information content (AvgIpc) is 3.26. The summed E-state index contributed by atoms with van der Waals surface area (Å²) in [6.07, 6.45) is 3.96. The van der Waals surface area contributed by atoms with E-state index in [0.717, 1.165) is 30.0 Å². The topological polar surface area (TPSA) is 45.1 Å². The van der Waals surface area contributed by atoms with E-state index in [1.165, 1.54) is 15.3 Å². The van der Waals surface area contributed by atoms with Crippen molar-refractivity contribution in [1.29, 1.82) is 0 Å². The van der Waals surface area contributed by atoms with Gasteiger partial charge in [-0.15, -0.1) is 22.7 Å². The van der Waals surface area contributed by atoms with E-state index >= 15 is 0 Å². The first-order chi connectivity index (χ1) is 10.8. The second-order valence-electron chi connectivity index (χ2n) is 5.43. The normalized spacial score (nSPS) is 16.8. The molecule has 2 aromatic heterocycles. The van der Waals surface area contributed by atoms with Crippen LogP contribution in [0, 0.1) is 0 Å². The number of hydrogen-bond donors (Lipinski definition) is 2. The van der Waals surface area contributed by atoms with E-state index in [1.807, 2.05) is 12.3 Å². The van der Waals surface area contributed by atoms with Gasteiger partial charge in [0.2, 0.25) is 0 Å². The lowest BCUT2D eigenvalue weighted by Crippen LogP contribution is -2.17. The van der Waals surface area contributed by atoms with Crippen molar-refractivity contribution in [3.05, 3.63) is 57.9 Å². The molecule has 1 aliphatic rings. The van der Waals surface area contributed by atoms with Gasteiger partial charge in [0.05, 0.1) is 4.88 Å². The zero-order chi connectivity index (χ0) is 14.9. The molecule has 0 saturated heterocycles. The zero-order valence-corrected chi connectivity index (χ0v) is 13.6. The van der Waals surface area contributed by atoms with Crippen LogP contribution in [0.15, 0.2) is 41.9 Å². The van der Waals surface area contributed by atoms with E-state index < -0.39 is 0 Å². The Morgan fingerprint density at radius 1 is 1.27 bits per heavy atom. The predicted molar refractivity (Wildman–Crippen MR) is 91.4 cm³/mol. The molecule has 5 heteroatoms. The van der Waals surface area contributed by atoms with Crippen molar-refractivity contribution >= 4 is 22.7 Å². The number of benzene rings is 1. The summed E-state index contributed by atoms with van der Waals surface area (Å²) in [4.78, 5) is 6.99. The van der Waals surface area contributed by atoms with Crippen molar-refractivity contribution in [3.8, 4) is 15.6 Å². The number of thiazole rings is 1. The van der Waals surface area contributed by atoms with Gasteiger partial charge in [-0.25, -0.2) is 4.98 Å². The minimum absolute atomic E-state index is 0.328. The SMILES string of the molecule is Oc1cccc2c1CCC2NCc1cnc(-c2cccs2)s1. The lowest BCUT2D eigenvalue weighted by atomic mass is 10.1. The number of nitrogens with zero attached hydrogens (tertiary/aromatic N) is 1. The van der Waals surface area contributed by atoms with E-state index in [4.69, 9.17) is 0 Å². The van der Waals surface area contributed by atoms with Crippen molar-refractivity contribution in [3.63, 3.8) is 0 Å². The first-order valence-corrected chi connectivity index (χ1v) is 9.03. The Balaban J connectivity index is 1.45. The second kappa shape index (κ2) is 5.83. The number of phenolic OH excluding ortho intramolecular Hbond substituents is 1. The molecule has 0 amide bonds. The summed E-state index contributed by atoms with van der Waals surface area (Å²) in [5.41, 5.74) is 2.34. The molecule has 0 aliphatic heterocycles. The van der Waals surface area contributed by atoms with Crippen LogP contribution in [0.2, 0.25) is 0 Å². The van der Waals surface area contributed by atoms with Crippen molar-refractivity contribution < 1.29 is 5.11 Å². The largest absolute Gasteiger partial charge is 0.508 e. The number of rotatable bonds is 4. The number of aromatic nitrogens is 1. The van der Waals surface area contributed by atoms with Gasteiger partial charge in [-0.2, -0.15) is 0 Å². The smallest absolute Gasteiger partial charge is 0.133 e. The van der Waals surface area contributed by atoms with Gasteiger partial charge >= 0.3 is 0 Å². The molecule has 1 atom stereocenters. The summed E-state index contributed by atoms with van der Waals surface area (Å²) < 4.78 is 0. The average molecular weight is 328 g/mol. The van der Waals surface area contributed by atoms with Gasteiger partial charge in [-0.1, -0.05) is 18.2 Å². The molecule has 1 aromatic carbocycles. The Hall–Kier alpha value is -1.69. The molecule has 1 unspecified atom stereocenters. The van der Waals surface area contributed by atoms with Gasteiger partial charge in [0.15, 0.2) is 0 Å². The Kier molecular flexibility index (Phi) is 3.70. The Labute approximate surface area is 137 Å². The third kappa shape index (κ3) is 2.56. The highest BCUT2D eigenvalue weighted by atomic mass is 32.1. The minimum atomic E-state index is 0.328. The molecule has 2 heterocycles. The van der Waals surface area contributed by atoms with E-state index in [9.17, 15) is 5.11 Å². The van der Waals surface area contributed by atoms with E-state index in [0.29, 0.717) is 11.8 Å². The molecule has 2 N–H and O–H groups in total. The van der Waals surface area contributed by atoms with Crippen LogP contribution in [0.25, 0.3) is 9.88 Å². The quantitative estimate of drug-likeness (QED) is 0.748. The molecular formula is C17H16N2OS2. The van der Waals surface area contributed by atoms with Gasteiger partial charge in [-0.3, -0.25) is 0 Å². The predicted octanol–water partition coefficient (Wildman–Crippen LogP) is 4.35. The summed E-state index contributed by atoms with van der Waals surface area (Å²) in [6, 6.07) is 10.3. The summed E-state index contributed by atoms with van der Waals surface area (Å²) in [7, 11) is 0. The summed E-state index contributed by atoms with van der Waals surface area (Å²) in [5, 5.41) is 16.7. The molecule has 22 heavy (non-hydrogen) atoms. The van der Waals surface area contributed by atoms with Crippen LogP contribution >= 0.6 is 22.7 Å². The monoisotopic (exact) mass is 328 g/mol. The molecule has 0 spiro atoms. The molecule has 3 aromatic rings. The fraction of sp³-hybridized carbons (Fsp3) is 0.235. The summed E-state index contributed by atoms with van der Waals surface area (Å²) >= 11 is 3.47. The van der Waals surface area contributed by atoms with Gasteiger partial charge < -0.3 is 10.4 Å². The van der Waals surface area contributed by atoms with E-state index in [-0.39, 0.29) is 0 Å². The van der Waals surface area contributed by atoms with Crippen LogP contribution in [0.5, 0.6) is 5.75 Å². The van der Waals surface area contributed by atoms with Crippen LogP contribution in [-0.2, 0) is 13.0 Å². The molecule has 1 aliphatic carbocycles. The maximum atomic E-state index is 9.91. The molecule has 0 fully saturated rings. The highest BCUT2D eigenvalue weighted by Crippen LogP contribution is 2.36. The molecule has 0 bridgehead atoms. The number of hydrogen-bond acceptors (Lipinski definition) is 5. The molecule has 0 saturated carbocycles. The van der Waals surface area contributed by atoms with Crippen LogP contribution < -0.4 is 5.32 Å². The van der Waals surface area contributed by atoms with Crippen molar-refractivity contribution in [2.75, 3.05) is 0 Å². The highest BCUT2D eigenvalue weighted by molar-refractivity contribution is 7.20. The highest BCUT2D eigenvalue weighted by Gasteiger charge is 2.24. The molecule has 112 valence electrons. The van der Waals surface area contributed by atoms with Crippen LogP contribution in [0.4, 0.5) is 0 Å². The lowest BCUT2D eigenvalue weighted by Gasteiger charge is -2.13. The number of nitrogens with one attached hydrogen (secondary N) is 1. The van der Waals surface area contributed by atoms with Crippen molar-refractivity contribution in [1.82, 2.24) is 10.3 Å². The third-order valence-electron chi connectivity index (χ3n) is 4.05. The minimum Gasteiger partial charge on any atom is -0.508 e. The summed E-state index contributed by atoms with van der Waals surface area (Å²) in [5.74, 6) is 0.430. The van der Waals surface area contributed by atoms with Gasteiger partial charge in [0, 0.05) is 23.7 Å². The first kappa shape index (κ1) is 13.9. The zero-order valence-electron chi connectivity index (χ0n) is 12.0. The molecule has 3 nitrogen and oxygen atoms in total. The lowest BCUT2D eigenvalue weighted by molar-refractivity contribution is 0.469. The van der Waals surface area contributed by atoms with Crippen LogP contribution in [0.1, 0.15) is 28.5 Å². The number of thiophene rings is 1. The number of aromatic hydroxyl groups is 1. The van der Waals surface area contributed by atoms with Crippen molar-refractivity contribution in [2.24, 2.45) is 0 Å². The Morgan fingerprint density at radius 2 is 2.23 bits per heavy atom. The maximum Gasteiger partial charge on any atom is 0.133 e. The van der Waals surface area contributed by atoms with E-state index in [1.54, 1.807) is 28.7 Å². The Bertz CT molecular complexity index is 780. The second-order valence-corrected chi connectivity index (χ2v) is 7.49.